The van der Waals surface area contributed by atoms with E-state index in [9.17, 15) is 4.79 Å². The van der Waals surface area contributed by atoms with Crippen molar-refractivity contribution in [3.8, 4) is 5.75 Å². The number of carbonyl (C=O) groups is 1. The summed E-state index contributed by atoms with van der Waals surface area (Å²) < 4.78 is 7.81. The van der Waals surface area contributed by atoms with Crippen molar-refractivity contribution in [3.05, 3.63) is 60.8 Å². The van der Waals surface area contributed by atoms with E-state index in [2.05, 4.69) is 43.8 Å². The lowest BCUT2D eigenvalue weighted by atomic mass is 10.1. The average Bonchev–Trinajstić information content (AvgIpc) is 3.30. The third kappa shape index (κ3) is 7.32. The van der Waals surface area contributed by atoms with E-state index in [1.54, 1.807) is 0 Å². The van der Waals surface area contributed by atoms with Gasteiger partial charge in [0, 0.05) is 44.2 Å². The minimum Gasteiger partial charge on any atom is -0.492 e. The largest absolute Gasteiger partial charge is 0.492 e. The molecule has 2 aromatic carbocycles. The quantitative estimate of drug-likeness (QED) is 0.213. The molecule has 0 radical (unpaired) electrons. The number of guanidine groups is 1. The summed E-state index contributed by atoms with van der Waals surface area (Å²) in [6.45, 7) is 13.2. The molecule has 0 aliphatic carbocycles. The smallest absolute Gasteiger partial charge is 0.247 e. The van der Waals surface area contributed by atoms with Crippen LogP contribution in [0.4, 0.5) is 17.1 Å². The van der Waals surface area contributed by atoms with E-state index in [1.807, 2.05) is 89.3 Å². The summed E-state index contributed by atoms with van der Waals surface area (Å²) in [6.07, 6.45) is 4.97. The number of hydrogen-bond acceptors (Lipinski definition) is 6. The molecule has 3 rings (SSSR count). The number of allylic oxidation sites excluding steroid dienone is 1. The van der Waals surface area contributed by atoms with Crippen LogP contribution in [0.5, 0.6) is 5.75 Å². The van der Waals surface area contributed by atoms with Crippen LogP contribution in [-0.4, -0.2) is 74.1 Å². The maximum atomic E-state index is 12.3. The van der Waals surface area contributed by atoms with Crippen molar-refractivity contribution in [2.75, 3.05) is 56.4 Å². The van der Waals surface area contributed by atoms with Crippen molar-refractivity contribution >= 4 is 52.2 Å². The Kier molecular flexibility index (Phi) is 9.99. The number of aliphatic imine (C=N–C) groups is 2. The van der Waals surface area contributed by atoms with Crippen LogP contribution < -0.4 is 20.3 Å². The molecular formula is C29H38N8O2. The van der Waals surface area contributed by atoms with Crippen LogP contribution in [0.15, 0.2) is 65.2 Å². The van der Waals surface area contributed by atoms with Gasteiger partial charge in [0.1, 0.15) is 5.75 Å². The maximum absolute atomic E-state index is 12.3. The maximum Gasteiger partial charge on any atom is 0.247 e. The van der Waals surface area contributed by atoms with Crippen molar-refractivity contribution in [2.45, 2.75) is 13.8 Å². The van der Waals surface area contributed by atoms with Gasteiger partial charge in [0.15, 0.2) is 0 Å². The number of hydrogen-bond donors (Lipinski definition) is 2. The third-order valence-corrected chi connectivity index (χ3v) is 6.07. The summed E-state index contributed by atoms with van der Waals surface area (Å²) in [5.41, 5.74) is 4.67. The highest BCUT2D eigenvalue weighted by Crippen LogP contribution is 2.37. The number of ether oxygens (including phenoxy) is 1. The lowest BCUT2D eigenvalue weighted by molar-refractivity contribution is -0.111. The molecule has 0 saturated carbocycles. The van der Waals surface area contributed by atoms with Gasteiger partial charge in [-0.2, -0.15) is 5.10 Å². The molecule has 2 N–H and O–H groups in total. The molecule has 3 aromatic rings. The van der Waals surface area contributed by atoms with Crippen LogP contribution in [0.25, 0.3) is 16.6 Å². The van der Waals surface area contributed by atoms with Crippen LogP contribution in [0, 0.1) is 0 Å². The lowest BCUT2D eigenvalue weighted by Gasteiger charge is -2.26. The van der Waals surface area contributed by atoms with Crippen LogP contribution in [0.2, 0.25) is 0 Å². The van der Waals surface area contributed by atoms with Gasteiger partial charge in [-0.05, 0) is 58.9 Å². The normalized spacial score (nSPS) is 12.0. The molecule has 0 atom stereocenters. The van der Waals surface area contributed by atoms with E-state index in [0.29, 0.717) is 29.4 Å². The predicted octanol–water partition coefficient (Wildman–Crippen LogP) is 4.62. The van der Waals surface area contributed by atoms with Gasteiger partial charge in [0.2, 0.25) is 11.9 Å². The van der Waals surface area contributed by atoms with Crippen LogP contribution in [0.3, 0.4) is 0 Å². The van der Waals surface area contributed by atoms with Crippen molar-refractivity contribution in [1.29, 1.82) is 0 Å². The van der Waals surface area contributed by atoms with Gasteiger partial charge in [0.25, 0.3) is 0 Å². The number of nitrogens with zero attached hydrogens (tertiary/aromatic N) is 6. The second kappa shape index (κ2) is 13.4. The van der Waals surface area contributed by atoms with E-state index in [0.717, 1.165) is 35.2 Å². The highest BCUT2D eigenvalue weighted by molar-refractivity contribution is 6.05. The van der Waals surface area contributed by atoms with Gasteiger partial charge in [-0.15, -0.1) is 0 Å². The molecule has 0 aliphatic rings. The van der Waals surface area contributed by atoms with E-state index in [-0.39, 0.29) is 11.9 Å². The first kappa shape index (κ1) is 29.1. The molecule has 0 fully saturated rings. The first-order chi connectivity index (χ1) is 18.7. The molecule has 1 heterocycles. The number of fused-ring (bicyclic) bond motifs is 1. The number of carbonyl (C=O) groups excluding carboxylic acids is 1. The number of anilines is 3. The van der Waals surface area contributed by atoms with Crippen molar-refractivity contribution in [3.63, 3.8) is 0 Å². The Bertz CT molecular complexity index is 1400. The Labute approximate surface area is 230 Å². The second-order valence-corrected chi connectivity index (χ2v) is 9.15. The van der Waals surface area contributed by atoms with E-state index >= 15 is 0 Å². The fraction of sp³-hybridized carbons (Fsp3) is 0.310. The average molecular weight is 531 g/mol. The fourth-order valence-electron chi connectivity index (χ4n) is 3.97. The summed E-state index contributed by atoms with van der Waals surface area (Å²) in [5, 5.41) is 11.5. The molecule has 10 nitrogen and oxygen atoms in total. The summed E-state index contributed by atoms with van der Waals surface area (Å²) >= 11 is 0. The van der Waals surface area contributed by atoms with E-state index in [1.165, 1.54) is 6.08 Å². The van der Waals surface area contributed by atoms with Gasteiger partial charge in [-0.25, -0.2) is 9.98 Å². The molecule has 0 spiro atoms. The minimum atomic E-state index is -0.315. The Hall–Kier alpha value is -4.44. The number of rotatable bonds is 11. The lowest BCUT2D eigenvalue weighted by Crippen LogP contribution is -2.29. The topological polar surface area (TPSA) is 99.4 Å². The molecule has 1 aromatic heterocycles. The number of likely N-dealkylation sites (N-methyl/N-ethyl adjacent to an activating group) is 2. The van der Waals surface area contributed by atoms with Crippen LogP contribution >= 0.6 is 0 Å². The third-order valence-electron chi connectivity index (χ3n) is 6.07. The summed E-state index contributed by atoms with van der Waals surface area (Å²) in [7, 11) is 7.92. The molecule has 0 aliphatic heterocycles. The number of benzene rings is 2. The number of aromatic nitrogens is 2. The summed E-state index contributed by atoms with van der Waals surface area (Å²) in [6, 6.07) is 9.75. The van der Waals surface area contributed by atoms with Crippen LogP contribution in [-0.2, 0) is 11.8 Å². The monoisotopic (exact) mass is 530 g/mol. The Morgan fingerprint density at radius 1 is 1.15 bits per heavy atom. The standard InChI is InChI=1S/C29H38N8O2/c1-9-22(20-12-13-25-21(16-20)19-31-37(25)8)33-29(30-4)34-24-17-23(32-28(38)10-2)26(18-27(24)39-11-3)36(7)15-14-35(5)6/h9-10,12-13,16-19H,2,4,11,14-15H2,1,3,5-8H3,(H,32,38)(H,33,34)/b22-9-. The molecule has 0 saturated heterocycles. The molecule has 0 unspecified atom stereocenters. The highest BCUT2D eigenvalue weighted by Gasteiger charge is 2.17. The Morgan fingerprint density at radius 3 is 2.56 bits per heavy atom. The van der Waals surface area contributed by atoms with Gasteiger partial charge >= 0.3 is 0 Å². The minimum absolute atomic E-state index is 0.282. The first-order valence-electron chi connectivity index (χ1n) is 12.7. The Balaban J connectivity index is 2.02. The molecule has 0 bridgehead atoms. The molecule has 1 amide bonds. The molecule has 39 heavy (non-hydrogen) atoms. The second-order valence-electron chi connectivity index (χ2n) is 9.15. The van der Waals surface area contributed by atoms with E-state index in [4.69, 9.17) is 9.73 Å². The van der Waals surface area contributed by atoms with Gasteiger partial charge in [-0.1, -0.05) is 18.7 Å². The summed E-state index contributed by atoms with van der Waals surface area (Å²) in [4.78, 5) is 25.3. The summed E-state index contributed by atoms with van der Waals surface area (Å²) in [5.74, 6) is 0.561. The zero-order valence-electron chi connectivity index (χ0n) is 23.7. The SMILES string of the molecule is C=CC(=O)Nc1cc(N/C(N=C)=N/C(=C\C)c2ccc3c(cnn3C)c2)c(OCC)cc1N(C)CCN(C)C. The van der Waals surface area contributed by atoms with Crippen molar-refractivity contribution < 1.29 is 9.53 Å². The predicted molar refractivity (Wildman–Crippen MR) is 163 cm³/mol. The zero-order valence-corrected chi connectivity index (χ0v) is 23.7. The van der Waals surface area contributed by atoms with Gasteiger partial charge < -0.3 is 25.2 Å². The van der Waals surface area contributed by atoms with E-state index < -0.39 is 0 Å². The fourth-order valence-corrected chi connectivity index (χ4v) is 3.97. The van der Waals surface area contributed by atoms with Crippen LogP contribution in [0.1, 0.15) is 19.4 Å². The van der Waals surface area contributed by atoms with Crippen molar-refractivity contribution in [2.24, 2.45) is 17.0 Å². The number of amides is 1. The number of nitrogens with one attached hydrogen (secondary N) is 2. The van der Waals surface area contributed by atoms with Crippen molar-refractivity contribution in [1.82, 2.24) is 14.7 Å². The van der Waals surface area contributed by atoms with Gasteiger partial charge in [0.05, 0.1) is 41.1 Å². The van der Waals surface area contributed by atoms with Gasteiger partial charge in [-0.3, -0.25) is 9.48 Å². The molecular weight excluding hydrogens is 492 g/mol. The molecule has 206 valence electrons. The highest BCUT2D eigenvalue weighted by atomic mass is 16.5. The Morgan fingerprint density at radius 2 is 1.92 bits per heavy atom. The first-order valence-corrected chi connectivity index (χ1v) is 12.7. The molecule has 10 heteroatoms. The zero-order chi connectivity index (χ0) is 28.5. The number of aryl methyl sites for hydroxylation is 1.